The molecule has 4 amide bonds. The zero-order valence-corrected chi connectivity index (χ0v) is 26.3. The van der Waals surface area contributed by atoms with E-state index in [4.69, 9.17) is 9.47 Å². The highest BCUT2D eigenvalue weighted by Gasteiger charge is 2.20. The van der Waals surface area contributed by atoms with Gasteiger partial charge in [0.1, 0.15) is 11.3 Å². The van der Waals surface area contributed by atoms with Crippen LogP contribution in [-0.4, -0.2) is 72.9 Å². The Bertz CT molecular complexity index is 1390. The van der Waals surface area contributed by atoms with Crippen LogP contribution in [0.4, 0.5) is 21.0 Å². The zero-order chi connectivity index (χ0) is 32.1. The Hall–Kier alpha value is -4.48. The Morgan fingerprint density at radius 2 is 1.62 bits per heavy atom. The third-order valence-corrected chi connectivity index (χ3v) is 7.15. The van der Waals surface area contributed by atoms with Gasteiger partial charge in [-0.15, -0.1) is 0 Å². The highest BCUT2D eigenvalue weighted by molar-refractivity contribution is 6.05. The summed E-state index contributed by atoms with van der Waals surface area (Å²) in [5.74, 6) is -0.435. The number of rotatable bonds is 12. The number of para-hydroxylation sites is 2. The van der Waals surface area contributed by atoms with Crippen LogP contribution in [0.2, 0.25) is 0 Å². The van der Waals surface area contributed by atoms with Gasteiger partial charge in [0.2, 0.25) is 0 Å². The molecule has 240 valence electrons. The number of hydrogen-bond donors (Lipinski definition) is 4. The molecule has 0 bridgehead atoms. The van der Waals surface area contributed by atoms with Crippen LogP contribution < -0.4 is 21.3 Å². The van der Waals surface area contributed by atoms with E-state index < -0.39 is 17.6 Å². The summed E-state index contributed by atoms with van der Waals surface area (Å²) < 4.78 is 10.8. The summed E-state index contributed by atoms with van der Waals surface area (Å²) >= 11 is 0. The molecule has 1 unspecified atom stereocenters. The number of ether oxygens (including phenoxy) is 2. The molecule has 0 saturated carbocycles. The van der Waals surface area contributed by atoms with Crippen LogP contribution in [0.3, 0.4) is 0 Å². The summed E-state index contributed by atoms with van der Waals surface area (Å²) in [4.78, 5) is 45.1. The molecule has 3 aromatic rings. The van der Waals surface area contributed by atoms with Crippen molar-refractivity contribution < 1.29 is 23.9 Å². The van der Waals surface area contributed by atoms with Gasteiger partial charge in [0.25, 0.3) is 5.91 Å². The van der Waals surface area contributed by atoms with E-state index in [1.54, 1.807) is 57.3 Å². The van der Waals surface area contributed by atoms with Crippen molar-refractivity contribution in [2.45, 2.75) is 51.7 Å². The summed E-state index contributed by atoms with van der Waals surface area (Å²) in [7, 11) is 0. The number of pyridine rings is 1. The molecule has 4 rings (SSSR count). The van der Waals surface area contributed by atoms with E-state index in [1.165, 1.54) is 0 Å². The second-order valence-corrected chi connectivity index (χ2v) is 11.9. The average molecular weight is 617 g/mol. The topological polar surface area (TPSA) is 134 Å². The van der Waals surface area contributed by atoms with Crippen molar-refractivity contribution in [3.63, 3.8) is 0 Å². The molecule has 1 aromatic heterocycles. The standard InChI is InChI=1S/C34H44N6O5/c1-34(2,3)45-33(43)39-29-13-8-7-12-28(29)37-31(41)30-16-15-26(24-36-30)27(14-9-19-40-20-22-44-23-21-40)38-32(42)35-18-17-25-10-5-4-6-11-25/h4-8,10-13,15-16,24,27H,9,14,17-23H2,1-3H3,(H,37,41)(H,39,43)(H2,35,38,42). The van der Waals surface area contributed by atoms with Gasteiger partial charge in [-0.05, 0) is 75.9 Å². The molecule has 0 radical (unpaired) electrons. The second-order valence-electron chi connectivity index (χ2n) is 11.9. The number of benzene rings is 2. The number of amides is 4. The Balaban J connectivity index is 1.38. The Morgan fingerprint density at radius 3 is 2.29 bits per heavy atom. The van der Waals surface area contributed by atoms with Gasteiger partial charge in [-0.1, -0.05) is 48.5 Å². The van der Waals surface area contributed by atoms with Gasteiger partial charge in [-0.3, -0.25) is 20.0 Å². The molecule has 0 aliphatic carbocycles. The maximum Gasteiger partial charge on any atom is 0.412 e. The quantitative estimate of drug-likeness (QED) is 0.215. The number of nitrogens with zero attached hydrogens (tertiary/aromatic N) is 2. The van der Waals surface area contributed by atoms with Crippen LogP contribution in [0.15, 0.2) is 72.9 Å². The van der Waals surface area contributed by atoms with Gasteiger partial charge in [0.15, 0.2) is 0 Å². The molecule has 45 heavy (non-hydrogen) atoms. The molecular formula is C34H44N6O5. The molecule has 1 aliphatic heterocycles. The van der Waals surface area contributed by atoms with Crippen molar-refractivity contribution >= 4 is 29.4 Å². The average Bonchev–Trinajstić information content (AvgIpc) is 3.02. The Labute approximate surface area is 265 Å². The van der Waals surface area contributed by atoms with E-state index in [9.17, 15) is 14.4 Å². The molecule has 2 heterocycles. The van der Waals surface area contributed by atoms with Gasteiger partial charge in [-0.2, -0.15) is 0 Å². The predicted octanol–water partition coefficient (Wildman–Crippen LogP) is 5.38. The molecule has 4 N–H and O–H groups in total. The van der Waals surface area contributed by atoms with Crippen molar-refractivity contribution in [2.24, 2.45) is 0 Å². The summed E-state index contributed by atoms with van der Waals surface area (Å²) in [6, 6.07) is 19.8. The van der Waals surface area contributed by atoms with Crippen molar-refractivity contribution in [3.05, 3.63) is 89.7 Å². The van der Waals surface area contributed by atoms with Gasteiger partial charge in [0.05, 0.1) is 30.6 Å². The second kappa shape index (κ2) is 16.6. The molecule has 11 heteroatoms. The fraction of sp³-hybridized carbons (Fsp3) is 0.412. The Kier molecular flexibility index (Phi) is 12.3. The minimum atomic E-state index is -0.661. The van der Waals surface area contributed by atoms with Gasteiger partial charge >= 0.3 is 12.1 Å². The number of morpholine rings is 1. The number of hydrogen-bond acceptors (Lipinski definition) is 7. The number of carbonyl (C=O) groups is 3. The van der Waals surface area contributed by atoms with Crippen LogP contribution in [0.5, 0.6) is 0 Å². The minimum absolute atomic E-state index is 0.199. The number of nitrogens with one attached hydrogen (secondary N) is 4. The monoisotopic (exact) mass is 616 g/mol. The van der Waals surface area contributed by atoms with Crippen LogP contribution in [0, 0.1) is 0 Å². The number of carbonyl (C=O) groups excluding carboxylic acids is 3. The van der Waals surface area contributed by atoms with Crippen LogP contribution in [0.1, 0.15) is 61.3 Å². The summed E-state index contributed by atoms with van der Waals surface area (Å²) in [5.41, 5.74) is 2.31. The number of urea groups is 1. The van der Waals surface area contributed by atoms with Crippen LogP contribution >= 0.6 is 0 Å². The zero-order valence-electron chi connectivity index (χ0n) is 26.3. The van der Waals surface area contributed by atoms with E-state index in [-0.39, 0.29) is 17.8 Å². The number of aromatic nitrogens is 1. The van der Waals surface area contributed by atoms with Gasteiger partial charge < -0.3 is 25.4 Å². The Morgan fingerprint density at radius 1 is 0.933 bits per heavy atom. The first-order valence-electron chi connectivity index (χ1n) is 15.4. The molecule has 2 aromatic carbocycles. The molecule has 0 spiro atoms. The lowest BCUT2D eigenvalue weighted by Crippen LogP contribution is -2.40. The van der Waals surface area contributed by atoms with Crippen molar-refractivity contribution in [3.8, 4) is 0 Å². The maximum absolute atomic E-state index is 13.1. The van der Waals surface area contributed by atoms with E-state index in [0.717, 1.165) is 56.8 Å². The summed E-state index contributed by atoms with van der Waals surface area (Å²) in [6.45, 7) is 10.0. The maximum atomic E-state index is 13.1. The summed E-state index contributed by atoms with van der Waals surface area (Å²) in [6.07, 6.45) is 3.32. The first-order valence-corrected chi connectivity index (χ1v) is 15.4. The molecule has 1 atom stereocenters. The summed E-state index contributed by atoms with van der Waals surface area (Å²) in [5, 5.41) is 11.6. The molecule has 1 fully saturated rings. The first kappa shape index (κ1) is 33.4. The third-order valence-electron chi connectivity index (χ3n) is 7.15. The smallest absolute Gasteiger partial charge is 0.412 e. The largest absolute Gasteiger partial charge is 0.444 e. The molecular weight excluding hydrogens is 572 g/mol. The first-order chi connectivity index (χ1) is 21.7. The highest BCUT2D eigenvalue weighted by Crippen LogP contribution is 2.23. The van der Waals surface area contributed by atoms with E-state index >= 15 is 0 Å². The molecule has 1 saturated heterocycles. The minimum Gasteiger partial charge on any atom is -0.444 e. The number of anilines is 2. The SMILES string of the molecule is CC(C)(C)OC(=O)Nc1ccccc1NC(=O)c1ccc(C(CCCN2CCOCC2)NC(=O)NCCc2ccccc2)cn1. The van der Waals surface area contributed by atoms with Crippen LogP contribution in [0.25, 0.3) is 0 Å². The lowest BCUT2D eigenvalue weighted by atomic mass is 10.0. The van der Waals surface area contributed by atoms with Gasteiger partial charge in [-0.25, -0.2) is 9.59 Å². The van der Waals surface area contributed by atoms with Gasteiger partial charge in [0, 0.05) is 25.8 Å². The van der Waals surface area contributed by atoms with Crippen molar-refractivity contribution in [1.82, 2.24) is 20.5 Å². The van der Waals surface area contributed by atoms with E-state index in [0.29, 0.717) is 24.3 Å². The van der Waals surface area contributed by atoms with E-state index in [2.05, 4.69) is 31.2 Å². The highest BCUT2D eigenvalue weighted by atomic mass is 16.6. The van der Waals surface area contributed by atoms with E-state index in [1.807, 2.05) is 36.4 Å². The predicted molar refractivity (Wildman–Crippen MR) is 174 cm³/mol. The fourth-order valence-corrected chi connectivity index (χ4v) is 4.89. The fourth-order valence-electron chi connectivity index (χ4n) is 4.89. The van der Waals surface area contributed by atoms with Crippen molar-refractivity contribution in [1.29, 1.82) is 0 Å². The molecule has 11 nitrogen and oxygen atoms in total. The lowest BCUT2D eigenvalue weighted by Gasteiger charge is -2.27. The lowest BCUT2D eigenvalue weighted by molar-refractivity contribution is 0.0369. The molecule has 1 aliphatic rings. The third kappa shape index (κ3) is 11.5. The van der Waals surface area contributed by atoms with Crippen molar-refractivity contribution in [2.75, 3.05) is 50.0 Å². The normalized spacial score (nSPS) is 14.2. The van der Waals surface area contributed by atoms with Crippen LogP contribution in [-0.2, 0) is 15.9 Å².